The molecule has 154 valence electrons. The van der Waals surface area contributed by atoms with Crippen molar-refractivity contribution >= 4 is 40.9 Å². The van der Waals surface area contributed by atoms with Gasteiger partial charge in [0.1, 0.15) is 0 Å². The van der Waals surface area contributed by atoms with E-state index < -0.39 is 0 Å². The van der Waals surface area contributed by atoms with Crippen LogP contribution < -0.4 is 5.32 Å². The number of carbonyl (C=O) groups excluding carboxylic acids is 3. The standard InChI is InChI=1S/C22H25N3O3.ClH/c1-24(16-10-12-23-13-11-16)19(26)9-4-14-25-21(27)17-7-2-5-15-6-3-8-18(20(15)17)22(25)28;/h2-3,5-8,16,23H,4,9-14H2,1H3;1H. The normalized spacial score (nSPS) is 16.7. The fraction of sp³-hybridized carbons (Fsp3) is 0.409. The molecule has 0 spiro atoms. The lowest BCUT2D eigenvalue weighted by molar-refractivity contribution is -0.132. The van der Waals surface area contributed by atoms with E-state index in [1.54, 1.807) is 12.1 Å². The zero-order valence-electron chi connectivity index (χ0n) is 16.5. The molecule has 0 radical (unpaired) electrons. The molecular weight excluding hydrogens is 390 g/mol. The van der Waals surface area contributed by atoms with Gasteiger partial charge in [0.15, 0.2) is 0 Å². The second-order valence-electron chi connectivity index (χ2n) is 7.56. The van der Waals surface area contributed by atoms with Crippen molar-refractivity contribution in [2.45, 2.75) is 31.7 Å². The molecular formula is C22H26ClN3O3. The van der Waals surface area contributed by atoms with Crippen molar-refractivity contribution < 1.29 is 14.4 Å². The summed E-state index contributed by atoms with van der Waals surface area (Å²) in [5, 5.41) is 4.93. The van der Waals surface area contributed by atoms with E-state index in [0.29, 0.717) is 24.0 Å². The number of rotatable bonds is 5. The van der Waals surface area contributed by atoms with Crippen LogP contribution in [0.4, 0.5) is 0 Å². The molecule has 2 aromatic rings. The first-order valence-electron chi connectivity index (χ1n) is 9.92. The maximum atomic E-state index is 12.9. The van der Waals surface area contributed by atoms with E-state index >= 15 is 0 Å². The number of nitrogens with one attached hydrogen (secondary N) is 1. The van der Waals surface area contributed by atoms with Gasteiger partial charge in [0, 0.05) is 42.6 Å². The predicted molar refractivity (Wildman–Crippen MR) is 114 cm³/mol. The van der Waals surface area contributed by atoms with Gasteiger partial charge in [-0.15, -0.1) is 12.4 Å². The Bertz CT molecular complexity index is 889. The number of hydrogen-bond donors (Lipinski definition) is 1. The number of amides is 3. The van der Waals surface area contributed by atoms with Crippen LogP contribution in [0.15, 0.2) is 36.4 Å². The number of piperidine rings is 1. The van der Waals surface area contributed by atoms with E-state index in [9.17, 15) is 14.4 Å². The van der Waals surface area contributed by atoms with Crippen LogP contribution in [0.3, 0.4) is 0 Å². The molecule has 0 saturated carbocycles. The molecule has 4 rings (SSSR count). The maximum Gasteiger partial charge on any atom is 0.261 e. The zero-order chi connectivity index (χ0) is 19.7. The third-order valence-electron chi connectivity index (χ3n) is 5.88. The fourth-order valence-corrected chi connectivity index (χ4v) is 4.25. The average Bonchev–Trinajstić information content (AvgIpc) is 2.74. The van der Waals surface area contributed by atoms with E-state index in [1.165, 1.54) is 4.90 Å². The quantitative estimate of drug-likeness (QED) is 0.762. The van der Waals surface area contributed by atoms with Crippen LogP contribution in [0.2, 0.25) is 0 Å². The molecule has 0 aromatic heterocycles. The smallest absolute Gasteiger partial charge is 0.261 e. The predicted octanol–water partition coefficient (Wildman–Crippen LogP) is 2.85. The summed E-state index contributed by atoms with van der Waals surface area (Å²) in [4.78, 5) is 41.4. The van der Waals surface area contributed by atoms with Crippen LogP contribution in [0.1, 0.15) is 46.4 Å². The molecule has 0 bridgehead atoms. The summed E-state index contributed by atoms with van der Waals surface area (Å²) in [5.41, 5.74) is 1.12. The van der Waals surface area contributed by atoms with Crippen LogP contribution in [-0.4, -0.2) is 60.2 Å². The third kappa shape index (κ3) is 4.00. The van der Waals surface area contributed by atoms with E-state index in [4.69, 9.17) is 0 Å². The van der Waals surface area contributed by atoms with E-state index in [2.05, 4.69) is 5.32 Å². The van der Waals surface area contributed by atoms with Gasteiger partial charge in [-0.3, -0.25) is 19.3 Å². The Hall–Kier alpha value is -2.44. The highest BCUT2D eigenvalue weighted by Crippen LogP contribution is 2.30. The van der Waals surface area contributed by atoms with Gasteiger partial charge in [0.2, 0.25) is 5.91 Å². The zero-order valence-corrected chi connectivity index (χ0v) is 17.3. The molecule has 0 aliphatic carbocycles. The first-order valence-corrected chi connectivity index (χ1v) is 9.92. The number of carbonyl (C=O) groups is 3. The van der Waals surface area contributed by atoms with Crippen LogP contribution in [0.25, 0.3) is 10.8 Å². The summed E-state index contributed by atoms with van der Waals surface area (Å²) in [7, 11) is 1.85. The van der Waals surface area contributed by atoms with Crippen molar-refractivity contribution in [3.05, 3.63) is 47.5 Å². The second kappa shape index (κ2) is 8.93. The maximum absolute atomic E-state index is 12.9. The van der Waals surface area contributed by atoms with Gasteiger partial charge in [0.05, 0.1) is 0 Å². The van der Waals surface area contributed by atoms with Crippen LogP contribution >= 0.6 is 12.4 Å². The summed E-state index contributed by atoms with van der Waals surface area (Å²) < 4.78 is 0. The van der Waals surface area contributed by atoms with Gasteiger partial charge in [-0.25, -0.2) is 0 Å². The number of halogens is 1. The van der Waals surface area contributed by atoms with Gasteiger partial charge in [-0.2, -0.15) is 0 Å². The summed E-state index contributed by atoms with van der Waals surface area (Å²) in [5.74, 6) is -0.465. The first-order chi connectivity index (χ1) is 13.6. The Labute approximate surface area is 176 Å². The number of imide groups is 1. The minimum atomic E-state index is -0.270. The molecule has 1 N–H and O–H groups in total. The lowest BCUT2D eigenvalue weighted by Gasteiger charge is -2.32. The van der Waals surface area contributed by atoms with Crippen molar-refractivity contribution in [3.63, 3.8) is 0 Å². The molecule has 2 aliphatic heterocycles. The van der Waals surface area contributed by atoms with Crippen molar-refractivity contribution in [1.82, 2.24) is 15.1 Å². The molecule has 0 unspecified atom stereocenters. The number of benzene rings is 2. The van der Waals surface area contributed by atoms with Gasteiger partial charge in [-0.05, 0) is 49.9 Å². The SMILES string of the molecule is CN(C(=O)CCCN1C(=O)c2cccc3cccc(c23)C1=O)C1CCNCC1.Cl. The Morgan fingerprint density at radius 1 is 1.07 bits per heavy atom. The summed E-state index contributed by atoms with van der Waals surface area (Å²) in [6.07, 6.45) is 2.74. The Morgan fingerprint density at radius 3 is 2.24 bits per heavy atom. The second-order valence-corrected chi connectivity index (χ2v) is 7.56. The molecule has 3 amide bonds. The summed E-state index contributed by atoms with van der Waals surface area (Å²) in [6.45, 7) is 2.13. The fourth-order valence-electron chi connectivity index (χ4n) is 4.25. The minimum absolute atomic E-state index is 0. The molecule has 2 aromatic carbocycles. The van der Waals surface area contributed by atoms with Crippen molar-refractivity contribution in [3.8, 4) is 0 Å². The van der Waals surface area contributed by atoms with E-state index in [-0.39, 0.29) is 42.7 Å². The Balaban J connectivity index is 0.00000240. The monoisotopic (exact) mass is 415 g/mol. The Kier molecular flexibility index (Phi) is 6.55. The van der Waals surface area contributed by atoms with Crippen molar-refractivity contribution in [2.75, 3.05) is 26.7 Å². The topological polar surface area (TPSA) is 69.7 Å². The van der Waals surface area contributed by atoms with Crippen LogP contribution in [-0.2, 0) is 4.79 Å². The molecule has 1 fully saturated rings. The lowest BCUT2D eigenvalue weighted by Crippen LogP contribution is -2.44. The molecule has 1 saturated heterocycles. The molecule has 0 atom stereocenters. The minimum Gasteiger partial charge on any atom is -0.343 e. The molecule has 29 heavy (non-hydrogen) atoms. The molecule has 2 heterocycles. The van der Waals surface area contributed by atoms with Crippen LogP contribution in [0.5, 0.6) is 0 Å². The highest BCUT2D eigenvalue weighted by molar-refractivity contribution is 6.25. The number of hydrogen-bond acceptors (Lipinski definition) is 4. The van der Waals surface area contributed by atoms with Crippen molar-refractivity contribution in [1.29, 1.82) is 0 Å². The summed E-state index contributed by atoms with van der Waals surface area (Å²) >= 11 is 0. The highest BCUT2D eigenvalue weighted by atomic mass is 35.5. The highest BCUT2D eigenvalue weighted by Gasteiger charge is 2.32. The van der Waals surface area contributed by atoms with E-state index in [1.807, 2.05) is 36.2 Å². The molecule has 7 heteroatoms. The Morgan fingerprint density at radius 2 is 1.66 bits per heavy atom. The summed E-state index contributed by atoms with van der Waals surface area (Å²) in [6, 6.07) is 11.3. The van der Waals surface area contributed by atoms with Crippen LogP contribution in [0, 0.1) is 0 Å². The van der Waals surface area contributed by atoms with E-state index in [0.717, 1.165) is 36.7 Å². The number of nitrogens with zero attached hydrogens (tertiary/aromatic N) is 2. The average molecular weight is 416 g/mol. The first kappa shape index (κ1) is 21.3. The van der Waals surface area contributed by atoms with Gasteiger partial charge >= 0.3 is 0 Å². The van der Waals surface area contributed by atoms with Gasteiger partial charge in [-0.1, -0.05) is 24.3 Å². The lowest BCUT2D eigenvalue weighted by atomic mass is 9.94. The van der Waals surface area contributed by atoms with Gasteiger partial charge < -0.3 is 10.2 Å². The van der Waals surface area contributed by atoms with Gasteiger partial charge in [0.25, 0.3) is 11.8 Å². The molecule has 2 aliphatic rings. The third-order valence-corrected chi connectivity index (χ3v) is 5.88. The molecule has 6 nitrogen and oxygen atoms in total. The van der Waals surface area contributed by atoms with Crippen molar-refractivity contribution in [2.24, 2.45) is 0 Å². The largest absolute Gasteiger partial charge is 0.343 e.